The van der Waals surface area contributed by atoms with Gasteiger partial charge in [-0.3, -0.25) is 9.20 Å². The first kappa shape index (κ1) is 11.2. The van der Waals surface area contributed by atoms with Crippen molar-refractivity contribution in [1.82, 2.24) is 9.38 Å². The zero-order valence-electron chi connectivity index (χ0n) is 8.15. The van der Waals surface area contributed by atoms with Crippen LogP contribution in [0.2, 0.25) is 10.3 Å². The molecule has 16 heavy (non-hydrogen) atoms. The molecule has 2 rings (SSSR count). The van der Waals surface area contributed by atoms with E-state index in [9.17, 15) is 4.79 Å². The van der Waals surface area contributed by atoms with Crippen LogP contribution in [0.1, 0.15) is 12.2 Å². The van der Waals surface area contributed by atoms with Gasteiger partial charge in [-0.25, -0.2) is 4.98 Å². The highest BCUT2D eigenvalue weighted by molar-refractivity contribution is 6.33. The normalized spacial score (nSPS) is 10.9. The standard InChI is InChI=1S/C10H8Cl2N2O2/c11-7-3-1-2-6-10(12)13-8(14(6)7)4-5-9(15)16/h1-3H,4-5H2,(H,15,16). The molecule has 0 unspecified atom stereocenters. The lowest BCUT2D eigenvalue weighted by atomic mass is 10.3. The molecule has 2 aromatic heterocycles. The summed E-state index contributed by atoms with van der Waals surface area (Å²) in [5.41, 5.74) is 0.689. The zero-order valence-corrected chi connectivity index (χ0v) is 9.66. The maximum atomic E-state index is 10.5. The fraction of sp³-hybridized carbons (Fsp3) is 0.200. The maximum absolute atomic E-state index is 10.5. The van der Waals surface area contributed by atoms with Crippen LogP contribution in [-0.2, 0) is 11.2 Å². The number of carbonyl (C=O) groups is 1. The third kappa shape index (κ3) is 1.99. The Hall–Kier alpha value is -1.26. The van der Waals surface area contributed by atoms with E-state index in [4.69, 9.17) is 28.3 Å². The number of imidazole rings is 1. The molecule has 0 spiro atoms. The summed E-state index contributed by atoms with van der Waals surface area (Å²) in [6.07, 6.45) is 0.299. The molecule has 0 amide bonds. The van der Waals surface area contributed by atoms with Gasteiger partial charge < -0.3 is 5.11 Å². The van der Waals surface area contributed by atoms with Crippen LogP contribution in [0.3, 0.4) is 0 Å². The second-order valence-corrected chi connectivity index (χ2v) is 4.03. The van der Waals surface area contributed by atoms with Crippen LogP contribution in [-0.4, -0.2) is 20.5 Å². The first-order valence-electron chi connectivity index (χ1n) is 4.62. The number of hydrogen-bond donors (Lipinski definition) is 1. The summed E-state index contributed by atoms with van der Waals surface area (Å²) in [6, 6.07) is 5.26. The van der Waals surface area contributed by atoms with Gasteiger partial charge in [0.2, 0.25) is 0 Å². The summed E-state index contributed by atoms with van der Waals surface area (Å²) in [4.78, 5) is 14.6. The Balaban J connectivity index is 2.49. The lowest BCUT2D eigenvalue weighted by Gasteiger charge is -2.01. The van der Waals surface area contributed by atoms with Crippen molar-refractivity contribution in [3.8, 4) is 0 Å². The lowest BCUT2D eigenvalue weighted by molar-refractivity contribution is -0.137. The minimum absolute atomic E-state index is 0.000660. The first-order chi connectivity index (χ1) is 7.59. The Morgan fingerprint density at radius 2 is 2.19 bits per heavy atom. The van der Waals surface area contributed by atoms with Gasteiger partial charge in [-0.15, -0.1) is 0 Å². The van der Waals surface area contributed by atoms with Crippen LogP contribution in [0.25, 0.3) is 5.52 Å². The average Bonchev–Trinajstić information content (AvgIpc) is 2.55. The summed E-state index contributed by atoms with van der Waals surface area (Å²) in [5.74, 6) is -0.312. The molecular weight excluding hydrogens is 251 g/mol. The number of halogens is 2. The molecule has 0 aliphatic carbocycles. The van der Waals surface area contributed by atoms with Crippen molar-refractivity contribution in [2.75, 3.05) is 0 Å². The lowest BCUT2D eigenvalue weighted by Crippen LogP contribution is -2.01. The maximum Gasteiger partial charge on any atom is 0.303 e. The number of aliphatic carboxylic acids is 1. The van der Waals surface area contributed by atoms with Crippen molar-refractivity contribution < 1.29 is 9.90 Å². The van der Waals surface area contributed by atoms with Crippen molar-refractivity contribution in [3.63, 3.8) is 0 Å². The molecule has 0 aliphatic heterocycles. The van der Waals surface area contributed by atoms with E-state index >= 15 is 0 Å². The molecule has 0 saturated heterocycles. The Bertz CT molecular complexity index is 551. The number of nitrogens with zero attached hydrogens (tertiary/aromatic N) is 2. The number of aromatic nitrogens is 2. The second kappa shape index (κ2) is 4.31. The van der Waals surface area contributed by atoms with Crippen molar-refractivity contribution in [3.05, 3.63) is 34.3 Å². The molecule has 0 aliphatic rings. The highest BCUT2D eigenvalue weighted by atomic mass is 35.5. The smallest absolute Gasteiger partial charge is 0.303 e. The Labute approximate surface area is 101 Å². The minimum atomic E-state index is -0.875. The summed E-state index contributed by atoms with van der Waals surface area (Å²) in [5, 5.41) is 9.43. The van der Waals surface area contributed by atoms with E-state index in [1.54, 1.807) is 22.6 Å². The van der Waals surface area contributed by atoms with E-state index in [0.717, 1.165) is 0 Å². The van der Waals surface area contributed by atoms with E-state index < -0.39 is 5.97 Å². The zero-order chi connectivity index (χ0) is 11.7. The van der Waals surface area contributed by atoms with Crippen LogP contribution < -0.4 is 0 Å². The molecule has 0 aromatic carbocycles. The summed E-state index contributed by atoms with van der Waals surface area (Å²) in [7, 11) is 0. The highest BCUT2D eigenvalue weighted by Gasteiger charge is 2.12. The average molecular weight is 259 g/mol. The highest BCUT2D eigenvalue weighted by Crippen LogP contribution is 2.23. The van der Waals surface area contributed by atoms with Gasteiger partial charge in [-0.05, 0) is 12.1 Å². The number of aryl methyl sites for hydroxylation is 1. The van der Waals surface area contributed by atoms with Gasteiger partial charge in [0.05, 0.1) is 11.9 Å². The van der Waals surface area contributed by atoms with Crippen molar-refractivity contribution in [1.29, 1.82) is 0 Å². The van der Waals surface area contributed by atoms with Crippen molar-refractivity contribution in [2.24, 2.45) is 0 Å². The molecule has 6 heteroatoms. The molecule has 2 aromatic rings. The third-order valence-electron chi connectivity index (χ3n) is 2.20. The first-order valence-corrected chi connectivity index (χ1v) is 5.38. The van der Waals surface area contributed by atoms with Crippen LogP contribution >= 0.6 is 23.2 Å². The SMILES string of the molecule is O=C(O)CCc1nc(Cl)c2cccc(Cl)n12. The quantitative estimate of drug-likeness (QED) is 0.862. The monoisotopic (exact) mass is 258 g/mol. The van der Waals surface area contributed by atoms with Gasteiger partial charge in [0.25, 0.3) is 0 Å². The van der Waals surface area contributed by atoms with Crippen LogP contribution in [0.5, 0.6) is 0 Å². The molecule has 4 nitrogen and oxygen atoms in total. The predicted molar refractivity (Wildman–Crippen MR) is 61.2 cm³/mol. The van der Waals surface area contributed by atoms with Crippen molar-refractivity contribution >= 4 is 34.7 Å². The molecule has 0 bridgehead atoms. The number of rotatable bonds is 3. The molecule has 0 radical (unpaired) electrons. The topological polar surface area (TPSA) is 54.6 Å². The van der Waals surface area contributed by atoms with E-state index in [0.29, 0.717) is 28.1 Å². The molecular formula is C10H8Cl2N2O2. The fourth-order valence-corrected chi connectivity index (χ4v) is 2.02. The van der Waals surface area contributed by atoms with Gasteiger partial charge in [0, 0.05) is 6.42 Å². The number of fused-ring (bicyclic) bond motifs is 1. The number of hydrogen-bond acceptors (Lipinski definition) is 2. The molecule has 0 fully saturated rings. The van der Waals surface area contributed by atoms with Gasteiger partial charge in [0.1, 0.15) is 11.0 Å². The second-order valence-electron chi connectivity index (χ2n) is 3.28. The minimum Gasteiger partial charge on any atom is -0.481 e. The van der Waals surface area contributed by atoms with E-state index in [1.807, 2.05) is 0 Å². The Morgan fingerprint density at radius 1 is 1.44 bits per heavy atom. The third-order valence-corrected chi connectivity index (χ3v) is 2.77. The molecule has 2 heterocycles. The van der Waals surface area contributed by atoms with E-state index in [-0.39, 0.29) is 6.42 Å². The van der Waals surface area contributed by atoms with Gasteiger partial charge in [0.15, 0.2) is 5.15 Å². The fourth-order valence-electron chi connectivity index (χ4n) is 1.51. The van der Waals surface area contributed by atoms with Gasteiger partial charge in [-0.1, -0.05) is 29.3 Å². The number of carboxylic acid groups (broad SMARTS) is 1. The van der Waals surface area contributed by atoms with Crippen molar-refractivity contribution in [2.45, 2.75) is 12.8 Å². The predicted octanol–water partition coefficient (Wildman–Crippen LogP) is 2.66. The van der Waals surface area contributed by atoms with Gasteiger partial charge in [-0.2, -0.15) is 0 Å². The number of pyridine rings is 1. The molecule has 0 saturated carbocycles. The van der Waals surface area contributed by atoms with Gasteiger partial charge >= 0.3 is 5.97 Å². The van der Waals surface area contributed by atoms with E-state index in [2.05, 4.69) is 4.98 Å². The van der Waals surface area contributed by atoms with Crippen LogP contribution in [0.4, 0.5) is 0 Å². The number of carboxylic acids is 1. The molecule has 1 N–H and O–H groups in total. The largest absolute Gasteiger partial charge is 0.481 e. The molecule has 84 valence electrons. The Kier molecular flexibility index (Phi) is 3.03. The summed E-state index contributed by atoms with van der Waals surface area (Å²) >= 11 is 11.9. The van der Waals surface area contributed by atoms with Crippen LogP contribution in [0, 0.1) is 0 Å². The Morgan fingerprint density at radius 3 is 2.88 bits per heavy atom. The van der Waals surface area contributed by atoms with Crippen LogP contribution in [0.15, 0.2) is 18.2 Å². The summed E-state index contributed by atoms with van der Waals surface area (Å²) in [6.45, 7) is 0. The summed E-state index contributed by atoms with van der Waals surface area (Å²) < 4.78 is 1.66. The van der Waals surface area contributed by atoms with E-state index in [1.165, 1.54) is 0 Å². The molecule has 0 atom stereocenters.